The number of ether oxygens (including phenoxy) is 2. The summed E-state index contributed by atoms with van der Waals surface area (Å²) in [5.74, 6) is 0.911. The van der Waals surface area contributed by atoms with E-state index in [1.165, 1.54) is 7.11 Å². The molecule has 7 nitrogen and oxygen atoms in total. The summed E-state index contributed by atoms with van der Waals surface area (Å²) in [6.07, 6.45) is 3.83. The molecule has 0 atom stereocenters. The monoisotopic (exact) mass is 318 g/mol. The van der Waals surface area contributed by atoms with Gasteiger partial charge in [-0.15, -0.1) is 10.2 Å². The van der Waals surface area contributed by atoms with Gasteiger partial charge in [0.2, 0.25) is 0 Å². The second-order valence-corrected chi connectivity index (χ2v) is 5.28. The normalized spacial score (nSPS) is 10.6. The zero-order valence-corrected chi connectivity index (χ0v) is 14.0. The van der Waals surface area contributed by atoms with Crippen LogP contribution in [-0.2, 0) is 24.6 Å². The van der Waals surface area contributed by atoms with Crippen LogP contribution in [0.25, 0.3) is 0 Å². The maximum absolute atomic E-state index is 12.1. The highest BCUT2D eigenvalue weighted by Gasteiger charge is 2.20. The van der Waals surface area contributed by atoms with Gasteiger partial charge in [0.15, 0.2) is 0 Å². The molecule has 7 heteroatoms. The van der Waals surface area contributed by atoms with Crippen LogP contribution >= 0.6 is 0 Å². The first-order valence-corrected chi connectivity index (χ1v) is 7.61. The predicted octanol–water partition coefficient (Wildman–Crippen LogP) is 1.88. The molecule has 2 aromatic heterocycles. The predicted molar refractivity (Wildman–Crippen MR) is 84.5 cm³/mol. The molecule has 0 N–H and O–H groups in total. The van der Waals surface area contributed by atoms with Gasteiger partial charge >= 0.3 is 5.97 Å². The zero-order chi connectivity index (χ0) is 16.8. The van der Waals surface area contributed by atoms with Gasteiger partial charge in [-0.3, -0.25) is 4.98 Å². The summed E-state index contributed by atoms with van der Waals surface area (Å²) in [6, 6.07) is 1.77. The molecule has 0 saturated heterocycles. The second kappa shape index (κ2) is 7.71. The molecule has 0 radical (unpaired) electrons. The van der Waals surface area contributed by atoms with E-state index in [2.05, 4.69) is 15.2 Å². The summed E-state index contributed by atoms with van der Waals surface area (Å²) in [4.78, 5) is 16.6. The average Bonchev–Trinajstić information content (AvgIpc) is 2.92. The van der Waals surface area contributed by atoms with Gasteiger partial charge in [0.25, 0.3) is 0 Å². The van der Waals surface area contributed by atoms with Gasteiger partial charge in [0, 0.05) is 25.2 Å². The topological polar surface area (TPSA) is 79.1 Å². The Morgan fingerprint density at radius 3 is 2.74 bits per heavy atom. The van der Waals surface area contributed by atoms with Gasteiger partial charge in [-0.05, 0) is 13.3 Å². The van der Waals surface area contributed by atoms with E-state index in [1.54, 1.807) is 12.4 Å². The standard InChI is InChI=1S/C16H22N4O3/c1-5-6-12-15(16(21)22-4)13(9-11(2)18-12)23-8-7-14-19-17-10-20(14)3/h9-10H,5-8H2,1-4H3. The number of pyridine rings is 1. The minimum absolute atomic E-state index is 0.394. The molecule has 0 aliphatic carbocycles. The Morgan fingerprint density at radius 1 is 1.35 bits per heavy atom. The molecule has 0 amide bonds. The highest BCUT2D eigenvalue weighted by molar-refractivity contribution is 5.93. The molecule has 0 aliphatic rings. The van der Waals surface area contributed by atoms with E-state index < -0.39 is 5.97 Å². The highest BCUT2D eigenvalue weighted by Crippen LogP contribution is 2.25. The summed E-state index contributed by atoms with van der Waals surface area (Å²) in [6.45, 7) is 4.32. The Balaban J connectivity index is 2.21. The quantitative estimate of drug-likeness (QED) is 0.725. The van der Waals surface area contributed by atoms with Crippen molar-refractivity contribution < 1.29 is 14.3 Å². The summed E-state index contributed by atoms with van der Waals surface area (Å²) in [5, 5.41) is 7.85. The molecule has 0 bridgehead atoms. The van der Waals surface area contributed by atoms with Crippen LogP contribution < -0.4 is 4.74 Å². The zero-order valence-electron chi connectivity index (χ0n) is 14.0. The van der Waals surface area contributed by atoms with E-state index >= 15 is 0 Å². The number of esters is 1. The third-order valence-corrected chi connectivity index (χ3v) is 3.45. The smallest absolute Gasteiger partial charge is 0.343 e. The molecule has 0 aliphatic heterocycles. The molecule has 2 heterocycles. The minimum atomic E-state index is -0.422. The van der Waals surface area contributed by atoms with Crippen LogP contribution in [0, 0.1) is 6.92 Å². The molecule has 124 valence electrons. The molecule has 0 aromatic carbocycles. The van der Waals surface area contributed by atoms with Crippen molar-refractivity contribution >= 4 is 5.97 Å². The Morgan fingerprint density at radius 2 is 2.13 bits per heavy atom. The minimum Gasteiger partial charge on any atom is -0.492 e. The molecule has 2 aromatic rings. The number of hydrogen-bond acceptors (Lipinski definition) is 6. The van der Waals surface area contributed by atoms with E-state index in [0.717, 1.165) is 17.9 Å². The number of nitrogens with zero attached hydrogens (tertiary/aromatic N) is 4. The number of aromatic nitrogens is 4. The molecular weight excluding hydrogens is 296 g/mol. The fraction of sp³-hybridized carbons (Fsp3) is 0.500. The molecule has 0 unspecified atom stereocenters. The SMILES string of the molecule is CCCc1nc(C)cc(OCCc2nncn2C)c1C(=O)OC. The van der Waals surface area contributed by atoms with Crippen LogP contribution in [0.4, 0.5) is 0 Å². The van der Waals surface area contributed by atoms with Crippen LogP contribution in [0.15, 0.2) is 12.4 Å². The van der Waals surface area contributed by atoms with Crippen LogP contribution in [0.3, 0.4) is 0 Å². The lowest BCUT2D eigenvalue weighted by molar-refractivity contribution is 0.0594. The van der Waals surface area contributed by atoms with Crippen molar-refractivity contribution in [1.82, 2.24) is 19.7 Å². The number of methoxy groups -OCH3 is 1. The van der Waals surface area contributed by atoms with Gasteiger partial charge in [-0.2, -0.15) is 0 Å². The van der Waals surface area contributed by atoms with Crippen LogP contribution in [0.1, 0.15) is 40.9 Å². The third kappa shape index (κ3) is 4.06. The van der Waals surface area contributed by atoms with Gasteiger partial charge in [0.1, 0.15) is 23.5 Å². The Hall–Kier alpha value is -2.44. The summed E-state index contributed by atoms with van der Waals surface area (Å²) < 4.78 is 12.6. The Bertz CT molecular complexity index is 682. The molecule has 23 heavy (non-hydrogen) atoms. The first kappa shape index (κ1) is 16.9. The van der Waals surface area contributed by atoms with Gasteiger partial charge < -0.3 is 14.0 Å². The van der Waals surface area contributed by atoms with Crippen molar-refractivity contribution in [3.63, 3.8) is 0 Å². The summed E-state index contributed by atoms with van der Waals surface area (Å²) in [5.41, 5.74) is 1.95. The Labute approximate surface area is 135 Å². The molecule has 0 fully saturated rings. The van der Waals surface area contributed by atoms with E-state index in [-0.39, 0.29) is 0 Å². The van der Waals surface area contributed by atoms with Crippen molar-refractivity contribution in [3.05, 3.63) is 35.2 Å². The lowest BCUT2D eigenvalue weighted by Gasteiger charge is -2.14. The largest absolute Gasteiger partial charge is 0.492 e. The van der Waals surface area contributed by atoms with E-state index in [1.807, 2.05) is 25.5 Å². The maximum atomic E-state index is 12.1. The highest BCUT2D eigenvalue weighted by atomic mass is 16.5. The van der Waals surface area contributed by atoms with Crippen molar-refractivity contribution in [2.24, 2.45) is 7.05 Å². The number of hydrogen-bond donors (Lipinski definition) is 0. The van der Waals surface area contributed by atoms with Crippen molar-refractivity contribution in [2.45, 2.75) is 33.1 Å². The number of rotatable bonds is 7. The average molecular weight is 318 g/mol. The second-order valence-electron chi connectivity index (χ2n) is 5.28. The van der Waals surface area contributed by atoms with E-state index in [9.17, 15) is 4.79 Å². The van der Waals surface area contributed by atoms with Crippen molar-refractivity contribution in [3.8, 4) is 5.75 Å². The first-order valence-electron chi connectivity index (χ1n) is 7.61. The van der Waals surface area contributed by atoms with E-state index in [4.69, 9.17) is 9.47 Å². The lowest BCUT2D eigenvalue weighted by atomic mass is 10.1. The maximum Gasteiger partial charge on any atom is 0.343 e. The molecular formula is C16H22N4O3. The number of carbonyl (C=O) groups is 1. The number of carbonyl (C=O) groups excluding carboxylic acids is 1. The number of aryl methyl sites for hydroxylation is 3. The van der Waals surface area contributed by atoms with E-state index in [0.29, 0.717) is 36.5 Å². The lowest BCUT2D eigenvalue weighted by Crippen LogP contribution is -2.14. The van der Waals surface area contributed by atoms with Crippen LogP contribution in [-0.4, -0.2) is 39.4 Å². The van der Waals surface area contributed by atoms with Crippen LogP contribution in [0.5, 0.6) is 5.75 Å². The van der Waals surface area contributed by atoms with Gasteiger partial charge in [-0.1, -0.05) is 13.3 Å². The van der Waals surface area contributed by atoms with Gasteiger partial charge in [-0.25, -0.2) is 4.79 Å². The summed E-state index contributed by atoms with van der Waals surface area (Å²) in [7, 11) is 3.24. The van der Waals surface area contributed by atoms with Gasteiger partial charge in [0.05, 0.1) is 19.4 Å². The summed E-state index contributed by atoms with van der Waals surface area (Å²) >= 11 is 0. The van der Waals surface area contributed by atoms with Crippen molar-refractivity contribution in [1.29, 1.82) is 0 Å². The fourth-order valence-electron chi connectivity index (χ4n) is 2.34. The first-order chi connectivity index (χ1) is 11.1. The Kier molecular flexibility index (Phi) is 5.67. The molecule has 0 spiro atoms. The third-order valence-electron chi connectivity index (χ3n) is 3.45. The fourth-order valence-corrected chi connectivity index (χ4v) is 2.34. The van der Waals surface area contributed by atoms with Crippen LogP contribution in [0.2, 0.25) is 0 Å². The molecule has 0 saturated carbocycles. The molecule has 2 rings (SSSR count). The van der Waals surface area contributed by atoms with Crippen molar-refractivity contribution in [2.75, 3.05) is 13.7 Å².